The van der Waals surface area contributed by atoms with Crippen LogP contribution in [0.15, 0.2) is 12.1 Å². The zero-order valence-electron chi connectivity index (χ0n) is 11.3. The van der Waals surface area contributed by atoms with Crippen LogP contribution in [0.5, 0.6) is 5.75 Å². The van der Waals surface area contributed by atoms with Gasteiger partial charge in [-0.3, -0.25) is 4.79 Å². The Morgan fingerprint density at radius 3 is 2.24 bits per heavy atom. The zero-order valence-corrected chi connectivity index (χ0v) is 11.3. The highest BCUT2D eigenvalue weighted by Gasteiger charge is 2.07. The van der Waals surface area contributed by atoms with E-state index in [1.54, 1.807) is 0 Å². The van der Waals surface area contributed by atoms with Gasteiger partial charge in [0, 0.05) is 6.42 Å². The number of carbonyl (C=O) groups is 1. The third kappa shape index (κ3) is 4.22. The number of rotatable bonds is 5. The second-order valence-corrected chi connectivity index (χ2v) is 4.61. The topological polar surface area (TPSA) is 26.3 Å². The molecule has 0 aliphatic carbocycles. The Balaban J connectivity index is 2.60. The highest BCUT2D eigenvalue weighted by molar-refractivity contribution is 5.72. The van der Waals surface area contributed by atoms with E-state index >= 15 is 0 Å². The van der Waals surface area contributed by atoms with Gasteiger partial charge in [0.05, 0.1) is 0 Å². The highest BCUT2D eigenvalue weighted by Crippen LogP contribution is 2.21. The maximum atomic E-state index is 11.6. The minimum absolute atomic E-state index is 0.124. The minimum Gasteiger partial charge on any atom is -0.427 e. The van der Waals surface area contributed by atoms with Crippen molar-refractivity contribution < 1.29 is 9.53 Å². The smallest absolute Gasteiger partial charge is 0.311 e. The van der Waals surface area contributed by atoms with Crippen LogP contribution in [-0.2, 0) is 4.79 Å². The number of esters is 1. The normalized spacial score (nSPS) is 10.4. The van der Waals surface area contributed by atoms with Gasteiger partial charge in [-0.05, 0) is 56.0 Å². The Labute approximate surface area is 104 Å². The monoisotopic (exact) mass is 234 g/mol. The molecule has 0 aliphatic heterocycles. The van der Waals surface area contributed by atoms with Gasteiger partial charge in [0.25, 0.3) is 0 Å². The maximum absolute atomic E-state index is 11.6. The quantitative estimate of drug-likeness (QED) is 0.435. The third-order valence-corrected chi connectivity index (χ3v) is 3.12. The summed E-state index contributed by atoms with van der Waals surface area (Å²) in [5, 5.41) is 0. The molecule has 0 N–H and O–H groups in total. The fourth-order valence-electron chi connectivity index (χ4n) is 1.76. The summed E-state index contributed by atoms with van der Waals surface area (Å²) in [5.41, 5.74) is 3.60. The van der Waals surface area contributed by atoms with Gasteiger partial charge in [-0.2, -0.15) is 0 Å². The predicted octanol–water partition coefficient (Wildman–Crippen LogP) is 4.10. The van der Waals surface area contributed by atoms with Crippen molar-refractivity contribution in [2.45, 2.75) is 53.4 Å². The second kappa shape index (κ2) is 6.43. The second-order valence-electron chi connectivity index (χ2n) is 4.61. The third-order valence-electron chi connectivity index (χ3n) is 3.12. The standard InChI is InChI=1S/C15H22O2/c1-5-6-7-8-15(16)17-14-9-11(2)13(4)12(3)10-14/h9-10H,5-8H2,1-4H3. The Hall–Kier alpha value is -1.31. The molecule has 1 aromatic rings. The fraction of sp³-hybridized carbons (Fsp3) is 0.533. The van der Waals surface area contributed by atoms with Crippen LogP contribution in [0.2, 0.25) is 0 Å². The van der Waals surface area contributed by atoms with Gasteiger partial charge >= 0.3 is 5.97 Å². The van der Waals surface area contributed by atoms with Crippen LogP contribution in [0.4, 0.5) is 0 Å². The average molecular weight is 234 g/mol. The SMILES string of the molecule is CCCCCC(=O)Oc1cc(C)c(C)c(C)c1. The van der Waals surface area contributed by atoms with E-state index in [0.29, 0.717) is 12.2 Å². The van der Waals surface area contributed by atoms with Crippen LogP contribution in [0, 0.1) is 20.8 Å². The van der Waals surface area contributed by atoms with E-state index in [2.05, 4.69) is 13.8 Å². The molecular formula is C15H22O2. The molecule has 2 nitrogen and oxygen atoms in total. The van der Waals surface area contributed by atoms with E-state index in [4.69, 9.17) is 4.74 Å². The molecule has 1 rings (SSSR count). The maximum Gasteiger partial charge on any atom is 0.311 e. The van der Waals surface area contributed by atoms with Gasteiger partial charge in [0.15, 0.2) is 0 Å². The summed E-state index contributed by atoms with van der Waals surface area (Å²) in [6.45, 7) is 8.28. The van der Waals surface area contributed by atoms with E-state index in [-0.39, 0.29) is 5.97 Å². The molecule has 0 bridgehead atoms. The van der Waals surface area contributed by atoms with Crippen molar-refractivity contribution in [3.8, 4) is 5.75 Å². The average Bonchev–Trinajstić information content (AvgIpc) is 2.26. The largest absolute Gasteiger partial charge is 0.427 e. The number of hydrogen-bond acceptors (Lipinski definition) is 2. The van der Waals surface area contributed by atoms with E-state index in [1.165, 1.54) is 16.7 Å². The molecule has 0 saturated carbocycles. The molecule has 0 radical (unpaired) electrons. The van der Waals surface area contributed by atoms with Crippen molar-refractivity contribution in [1.82, 2.24) is 0 Å². The van der Waals surface area contributed by atoms with Gasteiger partial charge in [0.1, 0.15) is 5.75 Å². The number of ether oxygens (including phenoxy) is 1. The van der Waals surface area contributed by atoms with E-state index in [1.807, 2.05) is 26.0 Å². The van der Waals surface area contributed by atoms with Crippen LogP contribution >= 0.6 is 0 Å². The van der Waals surface area contributed by atoms with Crippen LogP contribution in [0.25, 0.3) is 0 Å². The molecule has 0 spiro atoms. The first-order valence-electron chi connectivity index (χ1n) is 6.33. The van der Waals surface area contributed by atoms with Crippen molar-refractivity contribution in [2.24, 2.45) is 0 Å². The first-order chi connectivity index (χ1) is 8.04. The number of hydrogen-bond donors (Lipinski definition) is 0. The lowest BCUT2D eigenvalue weighted by Gasteiger charge is -2.09. The van der Waals surface area contributed by atoms with Crippen molar-refractivity contribution in [1.29, 1.82) is 0 Å². The molecule has 0 fully saturated rings. The van der Waals surface area contributed by atoms with E-state index < -0.39 is 0 Å². The van der Waals surface area contributed by atoms with Crippen molar-refractivity contribution in [3.63, 3.8) is 0 Å². The lowest BCUT2D eigenvalue weighted by atomic mass is 10.0. The van der Waals surface area contributed by atoms with Gasteiger partial charge in [-0.1, -0.05) is 19.8 Å². The molecule has 0 heterocycles. The Morgan fingerprint density at radius 2 is 1.71 bits per heavy atom. The first kappa shape index (κ1) is 13.8. The van der Waals surface area contributed by atoms with Gasteiger partial charge < -0.3 is 4.74 Å². The fourth-order valence-corrected chi connectivity index (χ4v) is 1.76. The van der Waals surface area contributed by atoms with Crippen LogP contribution in [0.3, 0.4) is 0 Å². The lowest BCUT2D eigenvalue weighted by Crippen LogP contribution is -2.08. The Morgan fingerprint density at radius 1 is 1.12 bits per heavy atom. The molecule has 0 amide bonds. The summed E-state index contributed by atoms with van der Waals surface area (Å²) < 4.78 is 5.34. The molecule has 0 unspecified atom stereocenters. The number of unbranched alkanes of at least 4 members (excludes halogenated alkanes) is 2. The molecule has 0 aromatic heterocycles. The number of carbonyl (C=O) groups excluding carboxylic acids is 1. The Kier molecular flexibility index (Phi) is 5.20. The summed E-state index contributed by atoms with van der Waals surface area (Å²) in [4.78, 5) is 11.6. The van der Waals surface area contributed by atoms with Gasteiger partial charge in [0.2, 0.25) is 0 Å². The summed E-state index contributed by atoms with van der Waals surface area (Å²) in [6.07, 6.45) is 3.63. The molecule has 0 atom stereocenters. The highest BCUT2D eigenvalue weighted by atomic mass is 16.5. The molecule has 94 valence electrons. The molecule has 0 saturated heterocycles. The van der Waals surface area contributed by atoms with Crippen molar-refractivity contribution in [2.75, 3.05) is 0 Å². The molecule has 17 heavy (non-hydrogen) atoms. The Bertz CT molecular complexity index is 371. The summed E-state index contributed by atoms with van der Waals surface area (Å²) in [5.74, 6) is 0.549. The van der Waals surface area contributed by atoms with E-state index in [9.17, 15) is 4.79 Å². The lowest BCUT2D eigenvalue weighted by molar-refractivity contribution is -0.134. The number of benzene rings is 1. The molecule has 1 aromatic carbocycles. The van der Waals surface area contributed by atoms with Crippen molar-refractivity contribution >= 4 is 5.97 Å². The van der Waals surface area contributed by atoms with Gasteiger partial charge in [-0.15, -0.1) is 0 Å². The summed E-state index contributed by atoms with van der Waals surface area (Å²) >= 11 is 0. The van der Waals surface area contributed by atoms with Crippen LogP contribution < -0.4 is 4.74 Å². The molecule has 0 aliphatic rings. The molecule has 2 heteroatoms. The predicted molar refractivity (Wildman–Crippen MR) is 70.4 cm³/mol. The minimum atomic E-state index is -0.124. The van der Waals surface area contributed by atoms with Crippen molar-refractivity contribution in [3.05, 3.63) is 28.8 Å². The van der Waals surface area contributed by atoms with Crippen LogP contribution in [0.1, 0.15) is 49.3 Å². The first-order valence-corrected chi connectivity index (χ1v) is 6.33. The van der Waals surface area contributed by atoms with Gasteiger partial charge in [-0.25, -0.2) is 0 Å². The zero-order chi connectivity index (χ0) is 12.8. The summed E-state index contributed by atoms with van der Waals surface area (Å²) in [7, 11) is 0. The van der Waals surface area contributed by atoms with Crippen LogP contribution in [-0.4, -0.2) is 5.97 Å². The van der Waals surface area contributed by atoms with E-state index in [0.717, 1.165) is 19.3 Å². The number of aryl methyl sites for hydroxylation is 2. The molecular weight excluding hydrogens is 212 g/mol. The summed E-state index contributed by atoms with van der Waals surface area (Å²) in [6, 6.07) is 3.86.